The van der Waals surface area contributed by atoms with E-state index in [2.05, 4.69) is 10.6 Å². The average Bonchev–Trinajstić information content (AvgIpc) is 2.94. The molecule has 2 N–H and O–H groups in total. The molecule has 2 aliphatic heterocycles. The molecule has 0 aliphatic carbocycles. The fraction of sp³-hybridized carbons (Fsp3) is 0.526. The van der Waals surface area contributed by atoms with E-state index >= 15 is 0 Å². The second kappa shape index (κ2) is 9.14. The average molecular weight is 380 g/mol. The van der Waals surface area contributed by atoms with Crippen LogP contribution < -0.4 is 15.5 Å². The van der Waals surface area contributed by atoms with Gasteiger partial charge in [-0.15, -0.1) is 12.4 Å². The molecular weight excluding hydrogens is 354 g/mol. The summed E-state index contributed by atoms with van der Waals surface area (Å²) in [7, 11) is 0. The van der Waals surface area contributed by atoms with Gasteiger partial charge in [0.25, 0.3) is 0 Å². The number of piperidine rings is 1. The number of carbonyl (C=O) groups is 3. The van der Waals surface area contributed by atoms with Gasteiger partial charge in [-0.05, 0) is 62.9 Å². The SMILES string of the molecule is Cc1ccc(NC(=O)CCC2CCNCC2)cc1N1C(=O)CCC1=O.Cl. The van der Waals surface area contributed by atoms with Gasteiger partial charge in [0.2, 0.25) is 17.7 Å². The van der Waals surface area contributed by atoms with Crippen molar-refractivity contribution in [2.75, 3.05) is 23.3 Å². The topological polar surface area (TPSA) is 78.5 Å². The summed E-state index contributed by atoms with van der Waals surface area (Å²) in [6.45, 7) is 3.92. The molecule has 0 atom stereocenters. The van der Waals surface area contributed by atoms with Crippen molar-refractivity contribution in [3.8, 4) is 0 Å². The molecule has 0 spiro atoms. The standard InChI is InChI=1S/C19H25N3O3.ClH/c1-13-2-4-15(12-16(13)22-18(24)6-7-19(22)25)21-17(23)5-3-14-8-10-20-11-9-14;/h2,4,12,14,20H,3,5-11H2,1H3,(H,21,23);1H. The lowest BCUT2D eigenvalue weighted by Crippen LogP contribution is -2.29. The third-order valence-corrected chi connectivity index (χ3v) is 5.02. The number of nitrogens with zero attached hydrogens (tertiary/aromatic N) is 1. The second-order valence-electron chi connectivity index (χ2n) is 6.90. The van der Waals surface area contributed by atoms with E-state index in [0.29, 0.717) is 23.7 Å². The predicted octanol–water partition coefficient (Wildman–Crippen LogP) is 2.79. The number of hydrogen-bond donors (Lipinski definition) is 2. The highest BCUT2D eigenvalue weighted by molar-refractivity contribution is 6.20. The minimum absolute atomic E-state index is 0. The number of anilines is 2. The number of amides is 3. The molecule has 1 aromatic rings. The highest BCUT2D eigenvalue weighted by Crippen LogP contribution is 2.29. The van der Waals surface area contributed by atoms with Crippen LogP contribution in [0.1, 0.15) is 44.1 Å². The van der Waals surface area contributed by atoms with Gasteiger partial charge in [0.05, 0.1) is 5.69 Å². The van der Waals surface area contributed by atoms with Crippen LogP contribution in [0.25, 0.3) is 0 Å². The van der Waals surface area contributed by atoms with Crippen LogP contribution in [0.4, 0.5) is 11.4 Å². The first kappa shape index (κ1) is 20.4. The molecule has 0 radical (unpaired) electrons. The van der Waals surface area contributed by atoms with Gasteiger partial charge in [-0.1, -0.05) is 6.07 Å². The van der Waals surface area contributed by atoms with Gasteiger partial charge in [0.15, 0.2) is 0 Å². The Morgan fingerprint density at radius 1 is 1.19 bits per heavy atom. The van der Waals surface area contributed by atoms with Gasteiger partial charge < -0.3 is 10.6 Å². The van der Waals surface area contributed by atoms with Crippen LogP contribution in [0.5, 0.6) is 0 Å². The fourth-order valence-corrected chi connectivity index (χ4v) is 3.50. The molecule has 142 valence electrons. The van der Waals surface area contributed by atoms with Crippen molar-refractivity contribution >= 4 is 41.5 Å². The van der Waals surface area contributed by atoms with E-state index in [1.54, 1.807) is 6.07 Å². The van der Waals surface area contributed by atoms with E-state index in [1.807, 2.05) is 19.1 Å². The summed E-state index contributed by atoms with van der Waals surface area (Å²) >= 11 is 0. The fourth-order valence-electron chi connectivity index (χ4n) is 3.50. The van der Waals surface area contributed by atoms with Crippen LogP contribution in [0, 0.1) is 12.8 Å². The Morgan fingerprint density at radius 3 is 2.50 bits per heavy atom. The largest absolute Gasteiger partial charge is 0.326 e. The maximum absolute atomic E-state index is 12.2. The van der Waals surface area contributed by atoms with Gasteiger partial charge in [-0.25, -0.2) is 0 Å². The zero-order chi connectivity index (χ0) is 17.8. The molecule has 0 saturated carbocycles. The number of benzene rings is 1. The Bertz CT molecular complexity index is 671. The molecule has 7 heteroatoms. The Morgan fingerprint density at radius 2 is 1.85 bits per heavy atom. The first-order valence-electron chi connectivity index (χ1n) is 9.01. The third-order valence-electron chi connectivity index (χ3n) is 5.02. The lowest BCUT2D eigenvalue weighted by atomic mass is 9.93. The summed E-state index contributed by atoms with van der Waals surface area (Å²) in [6.07, 6.45) is 4.16. The van der Waals surface area contributed by atoms with Crippen molar-refractivity contribution in [3.63, 3.8) is 0 Å². The molecule has 3 amide bonds. The summed E-state index contributed by atoms with van der Waals surface area (Å²) in [5, 5.41) is 6.23. The molecule has 6 nitrogen and oxygen atoms in total. The van der Waals surface area contributed by atoms with Crippen LogP contribution in [0.3, 0.4) is 0 Å². The highest BCUT2D eigenvalue weighted by atomic mass is 35.5. The van der Waals surface area contributed by atoms with Gasteiger partial charge in [-0.2, -0.15) is 0 Å². The Kier molecular flexibility index (Phi) is 7.17. The van der Waals surface area contributed by atoms with Crippen LogP contribution in [0.15, 0.2) is 18.2 Å². The van der Waals surface area contributed by atoms with Crippen molar-refractivity contribution < 1.29 is 14.4 Å². The smallest absolute Gasteiger partial charge is 0.234 e. The molecule has 0 bridgehead atoms. The quantitative estimate of drug-likeness (QED) is 0.771. The van der Waals surface area contributed by atoms with E-state index in [-0.39, 0.29) is 43.0 Å². The van der Waals surface area contributed by atoms with Gasteiger partial charge >= 0.3 is 0 Å². The van der Waals surface area contributed by atoms with E-state index in [9.17, 15) is 14.4 Å². The summed E-state index contributed by atoms with van der Waals surface area (Å²) in [6, 6.07) is 5.36. The molecule has 2 aliphatic rings. The van der Waals surface area contributed by atoms with Crippen LogP contribution in [-0.4, -0.2) is 30.8 Å². The van der Waals surface area contributed by atoms with Gasteiger partial charge in [0, 0.05) is 24.9 Å². The number of hydrogen-bond acceptors (Lipinski definition) is 4. The number of halogens is 1. The second-order valence-corrected chi connectivity index (χ2v) is 6.90. The van der Waals surface area contributed by atoms with E-state index in [0.717, 1.165) is 37.9 Å². The van der Waals surface area contributed by atoms with Crippen molar-refractivity contribution in [1.82, 2.24) is 5.32 Å². The normalized spacial score (nSPS) is 18.0. The summed E-state index contributed by atoms with van der Waals surface area (Å²) < 4.78 is 0. The van der Waals surface area contributed by atoms with Crippen LogP contribution in [-0.2, 0) is 14.4 Å². The zero-order valence-electron chi connectivity index (χ0n) is 15.0. The Labute approximate surface area is 160 Å². The number of rotatable bonds is 5. The van der Waals surface area contributed by atoms with Crippen molar-refractivity contribution in [2.45, 2.75) is 45.4 Å². The summed E-state index contributed by atoms with van der Waals surface area (Å²) in [4.78, 5) is 37.4. The summed E-state index contributed by atoms with van der Waals surface area (Å²) in [5.41, 5.74) is 2.04. The molecular formula is C19H26ClN3O3. The zero-order valence-corrected chi connectivity index (χ0v) is 15.9. The molecule has 26 heavy (non-hydrogen) atoms. The van der Waals surface area contributed by atoms with E-state index < -0.39 is 0 Å². The first-order chi connectivity index (χ1) is 12.0. The number of carbonyl (C=O) groups excluding carboxylic acids is 3. The number of aryl methyl sites for hydroxylation is 1. The highest BCUT2D eigenvalue weighted by Gasteiger charge is 2.31. The van der Waals surface area contributed by atoms with Crippen LogP contribution >= 0.6 is 12.4 Å². The minimum atomic E-state index is -0.178. The lowest BCUT2D eigenvalue weighted by Gasteiger charge is -2.22. The van der Waals surface area contributed by atoms with Crippen molar-refractivity contribution in [1.29, 1.82) is 0 Å². The van der Waals surface area contributed by atoms with Crippen molar-refractivity contribution in [3.05, 3.63) is 23.8 Å². The summed E-state index contributed by atoms with van der Waals surface area (Å²) in [5.74, 6) is 0.234. The molecule has 2 saturated heterocycles. The van der Waals surface area contributed by atoms with Gasteiger partial charge in [0.1, 0.15) is 0 Å². The van der Waals surface area contributed by atoms with Gasteiger partial charge in [-0.3, -0.25) is 19.3 Å². The Hall–Kier alpha value is -1.92. The van der Waals surface area contributed by atoms with Crippen LogP contribution in [0.2, 0.25) is 0 Å². The third kappa shape index (κ3) is 4.83. The number of imide groups is 1. The first-order valence-corrected chi connectivity index (χ1v) is 9.01. The minimum Gasteiger partial charge on any atom is -0.326 e. The molecule has 3 rings (SSSR count). The van der Waals surface area contributed by atoms with E-state index in [1.165, 1.54) is 4.90 Å². The molecule has 2 heterocycles. The predicted molar refractivity (Wildman–Crippen MR) is 104 cm³/mol. The molecule has 0 aromatic heterocycles. The maximum atomic E-state index is 12.2. The van der Waals surface area contributed by atoms with Crippen molar-refractivity contribution in [2.24, 2.45) is 5.92 Å². The van der Waals surface area contributed by atoms with E-state index in [4.69, 9.17) is 0 Å². The molecule has 2 fully saturated rings. The monoisotopic (exact) mass is 379 g/mol. The molecule has 0 unspecified atom stereocenters. The molecule has 1 aromatic carbocycles. The lowest BCUT2D eigenvalue weighted by molar-refractivity contribution is -0.121. The Balaban J connectivity index is 0.00000243. The number of nitrogens with one attached hydrogen (secondary N) is 2. The maximum Gasteiger partial charge on any atom is 0.234 e.